The van der Waals surface area contributed by atoms with Gasteiger partial charge >= 0.3 is 0 Å². The van der Waals surface area contributed by atoms with E-state index in [4.69, 9.17) is 9.47 Å². The number of hydrogen-bond donors (Lipinski definition) is 0. The van der Waals surface area contributed by atoms with E-state index in [1.165, 1.54) is 0 Å². The van der Waals surface area contributed by atoms with Crippen molar-refractivity contribution in [1.29, 1.82) is 0 Å². The Morgan fingerprint density at radius 3 is 2.60 bits per heavy atom. The Hall–Kier alpha value is -0.690. The highest BCUT2D eigenvalue weighted by atomic mass is 79.9. The largest absolute Gasteiger partial charge is 0.347 e. The second kappa shape index (κ2) is 5.97. The minimum atomic E-state index is -0.418. The van der Waals surface area contributed by atoms with Crippen molar-refractivity contribution in [2.45, 2.75) is 18.6 Å². The van der Waals surface area contributed by atoms with E-state index in [2.05, 4.69) is 15.9 Å². The molecule has 0 aromatic carbocycles. The molecule has 1 aromatic heterocycles. The van der Waals surface area contributed by atoms with Gasteiger partial charge in [0.2, 0.25) is 5.91 Å². The lowest BCUT2D eigenvalue weighted by atomic mass is 10.0. The van der Waals surface area contributed by atoms with Crippen LogP contribution in [0.5, 0.6) is 0 Å². The van der Waals surface area contributed by atoms with Gasteiger partial charge in [-0.05, 0) is 34.1 Å². The topological polar surface area (TPSA) is 38.8 Å². The number of ether oxygens (including phenoxy) is 2. The highest BCUT2D eigenvalue weighted by Gasteiger charge is 2.40. The van der Waals surface area contributed by atoms with Crippen LogP contribution in [0.4, 0.5) is 0 Å². The molecule has 3 rings (SSSR count). The molecule has 0 unspecified atom stereocenters. The molecule has 6 heteroatoms. The van der Waals surface area contributed by atoms with Crippen LogP contribution in [-0.2, 0) is 14.3 Å². The van der Waals surface area contributed by atoms with Crippen molar-refractivity contribution >= 4 is 39.2 Å². The first-order valence-electron chi connectivity index (χ1n) is 6.67. The predicted molar refractivity (Wildman–Crippen MR) is 81.5 cm³/mol. The molecule has 20 heavy (non-hydrogen) atoms. The number of nitrogens with zero attached hydrogens (tertiary/aromatic N) is 1. The zero-order chi connectivity index (χ0) is 14.0. The van der Waals surface area contributed by atoms with Gasteiger partial charge in [0.1, 0.15) is 0 Å². The van der Waals surface area contributed by atoms with Gasteiger partial charge in [0.05, 0.1) is 17.0 Å². The van der Waals surface area contributed by atoms with E-state index in [1.807, 2.05) is 23.1 Å². The zero-order valence-electron chi connectivity index (χ0n) is 11.0. The van der Waals surface area contributed by atoms with E-state index in [-0.39, 0.29) is 5.91 Å². The molecule has 2 fully saturated rings. The number of piperidine rings is 1. The number of thiophene rings is 1. The highest BCUT2D eigenvalue weighted by Crippen LogP contribution is 2.31. The summed E-state index contributed by atoms with van der Waals surface area (Å²) in [5, 5.41) is 0. The lowest BCUT2D eigenvalue weighted by Gasteiger charge is -2.37. The standard InChI is InChI=1S/C14H16BrNO3S/c15-12-3-1-11(20-12)2-4-13(17)16-7-5-14(6-8-16)18-9-10-19-14/h1-4H,5-10H2/b4-2-. The Balaban J connectivity index is 1.55. The summed E-state index contributed by atoms with van der Waals surface area (Å²) in [6.45, 7) is 2.72. The summed E-state index contributed by atoms with van der Waals surface area (Å²) in [6.07, 6.45) is 5.03. The molecule has 2 aliphatic heterocycles. The molecule has 4 nitrogen and oxygen atoms in total. The first-order chi connectivity index (χ1) is 9.67. The molecular weight excluding hydrogens is 342 g/mol. The second-order valence-corrected chi connectivity index (χ2v) is 7.40. The summed E-state index contributed by atoms with van der Waals surface area (Å²) in [4.78, 5) is 15.1. The number of amides is 1. The van der Waals surface area contributed by atoms with Crippen LogP contribution in [0.3, 0.4) is 0 Å². The average Bonchev–Trinajstić information content (AvgIpc) is 3.07. The maximum atomic E-state index is 12.1. The van der Waals surface area contributed by atoms with Gasteiger partial charge < -0.3 is 14.4 Å². The molecular formula is C14H16BrNO3S. The predicted octanol–water partition coefficient (Wildman–Crippen LogP) is 2.89. The van der Waals surface area contributed by atoms with Crippen LogP contribution in [0.25, 0.3) is 6.08 Å². The first-order valence-corrected chi connectivity index (χ1v) is 8.28. The number of halogens is 1. The summed E-state index contributed by atoms with van der Waals surface area (Å²) in [5.41, 5.74) is 0. The molecule has 1 amide bonds. The molecule has 0 aliphatic carbocycles. The SMILES string of the molecule is O=C(/C=C\c1ccc(Br)s1)N1CCC2(CC1)OCCO2. The Kier molecular flexibility index (Phi) is 4.26. The van der Waals surface area contributed by atoms with Crippen molar-refractivity contribution in [1.82, 2.24) is 4.90 Å². The van der Waals surface area contributed by atoms with E-state index < -0.39 is 5.79 Å². The van der Waals surface area contributed by atoms with E-state index in [0.29, 0.717) is 26.3 Å². The van der Waals surface area contributed by atoms with Crippen LogP contribution < -0.4 is 0 Å². The third-order valence-corrected chi connectivity index (χ3v) is 5.22. The number of carbonyl (C=O) groups excluding carboxylic acids is 1. The number of likely N-dealkylation sites (tertiary alicyclic amines) is 1. The quantitative estimate of drug-likeness (QED) is 0.764. The van der Waals surface area contributed by atoms with E-state index >= 15 is 0 Å². The van der Waals surface area contributed by atoms with Crippen molar-refractivity contribution in [3.63, 3.8) is 0 Å². The lowest BCUT2D eigenvalue weighted by molar-refractivity contribution is -0.186. The fraction of sp³-hybridized carbons (Fsp3) is 0.500. The molecule has 1 spiro atoms. The van der Waals surface area contributed by atoms with Crippen molar-refractivity contribution < 1.29 is 14.3 Å². The highest BCUT2D eigenvalue weighted by molar-refractivity contribution is 9.11. The number of carbonyl (C=O) groups is 1. The van der Waals surface area contributed by atoms with Gasteiger partial charge in [-0.2, -0.15) is 0 Å². The first kappa shape index (κ1) is 14.3. The van der Waals surface area contributed by atoms with Gasteiger partial charge in [-0.15, -0.1) is 11.3 Å². The molecule has 0 saturated carbocycles. The van der Waals surface area contributed by atoms with Crippen LogP contribution in [0.2, 0.25) is 0 Å². The van der Waals surface area contributed by atoms with Crippen molar-refractivity contribution in [3.05, 3.63) is 26.9 Å². The van der Waals surface area contributed by atoms with Crippen LogP contribution in [0.1, 0.15) is 17.7 Å². The maximum absolute atomic E-state index is 12.1. The molecule has 0 bridgehead atoms. The molecule has 0 N–H and O–H groups in total. The van der Waals surface area contributed by atoms with Crippen LogP contribution >= 0.6 is 27.3 Å². The van der Waals surface area contributed by atoms with E-state index in [1.54, 1.807) is 17.4 Å². The smallest absolute Gasteiger partial charge is 0.246 e. The minimum Gasteiger partial charge on any atom is -0.347 e. The third-order valence-electron chi connectivity index (χ3n) is 3.63. The summed E-state index contributed by atoms with van der Waals surface area (Å²) in [7, 11) is 0. The van der Waals surface area contributed by atoms with E-state index in [9.17, 15) is 4.79 Å². The lowest BCUT2D eigenvalue weighted by Crippen LogP contribution is -2.46. The van der Waals surface area contributed by atoms with Gasteiger partial charge in [-0.1, -0.05) is 0 Å². The van der Waals surface area contributed by atoms with Crippen molar-refractivity contribution in [2.75, 3.05) is 26.3 Å². The molecule has 0 radical (unpaired) electrons. The Morgan fingerprint density at radius 1 is 1.30 bits per heavy atom. The summed E-state index contributed by atoms with van der Waals surface area (Å²) in [5.74, 6) is -0.360. The number of hydrogen-bond acceptors (Lipinski definition) is 4. The molecule has 2 saturated heterocycles. The van der Waals surface area contributed by atoms with E-state index in [0.717, 1.165) is 21.5 Å². The second-order valence-electron chi connectivity index (χ2n) is 4.91. The maximum Gasteiger partial charge on any atom is 0.246 e. The molecule has 0 atom stereocenters. The van der Waals surface area contributed by atoms with Crippen LogP contribution in [0, 0.1) is 0 Å². The number of rotatable bonds is 2. The summed E-state index contributed by atoms with van der Waals surface area (Å²) >= 11 is 5.02. The Bertz CT molecular complexity index is 512. The fourth-order valence-electron chi connectivity index (χ4n) is 2.53. The van der Waals surface area contributed by atoms with Crippen LogP contribution in [0.15, 0.2) is 22.0 Å². The van der Waals surface area contributed by atoms with Gasteiger partial charge in [0.15, 0.2) is 5.79 Å². The molecule has 108 valence electrons. The minimum absolute atomic E-state index is 0.0577. The Morgan fingerprint density at radius 2 is 2.00 bits per heavy atom. The van der Waals surface area contributed by atoms with Gasteiger partial charge in [0.25, 0.3) is 0 Å². The monoisotopic (exact) mass is 357 g/mol. The van der Waals surface area contributed by atoms with Gasteiger partial charge in [-0.3, -0.25) is 4.79 Å². The normalized spacial score (nSPS) is 21.9. The summed E-state index contributed by atoms with van der Waals surface area (Å²) in [6, 6.07) is 3.97. The zero-order valence-corrected chi connectivity index (χ0v) is 13.4. The third kappa shape index (κ3) is 3.14. The molecule has 1 aromatic rings. The van der Waals surface area contributed by atoms with Crippen molar-refractivity contribution in [2.24, 2.45) is 0 Å². The molecule has 2 aliphatic rings. The van der Waals surface area contributed by atoms with Crippen molar-refractivity contribution in [3.8, 4) is 0 Å². The van der Waals surface area contributed by atoms with Gasteiger partial charge in [0, 0.05) is 36.9 Å². The van der Waals surface area contributed by atoms with Crippen LogP contribution in [-0.4, -0.2) is 42.9 Å². The molecule has 3 heterocycles. The fourth-order valence-corrected chi connectivity index (χ4v) is 3.86. The van der Waals surface area contributed by atoms with Gasteiger partial charge in [-0.25, -0.2) is 0 Å². The Labute approximate surface area is 130 Å². The summed E-state index contributed by atoms with van der Waals surface area (Å²) < 4.78 is 12.4. The average molecular weight is 358 g/mol.